The Morgan fingerprint density at radius 3 is 1.93 bits per heavy atom. The second kappa shape index (κ2) is 10.3. The van der Waals surface area contributed by atoms with Crippen LogP contribution < -0.4 is 29.0 Å². The molecule has 0 saturated heterocycles. The molecule has 0 bridgehead atoms. The van der Waals surface area contributed by atoms with Crippen molar-refractivity contribution in [1.29, 1.82) is 0 Å². The van der Waals surface area contributed by atoms with Gasteiger partial charge in [0, 0.05) is 12.1 Å². The number of hydrogen-bond acceptors (Lipinski definition) is 6. The van der Waals surface area contributed by atoms with E-state index in [1.165, 1.54) is 21.3 Å². The number of nitrogens with one attached hydrogen (secondary N) is 1. The number of methoxy groups -OCH3 is 5. The molecule has 0 saturated carbocycles. The third-order valence-electron chi connectivity index (χ3n) is 4.30. The summed E-state index contributed by atoms with van der Waals surface area (Å²) in [6, 6.07) is 9.07. The number of aryl methyl sites for hydroxylation is 1. The highest BCUT2D eigenvalue weighted by Gasteiger charge is 2.16. The van der Waals surface area contributed by atoms with Gasteiger partial charge in [0.15, 0.2) is 23.0 Å². The van der Waals surface area contributed by atoms with Crippen molar-refractivity contribution in [3.8, 4) is 28.7 Å². The summed E-state index contributed by atoms with van der Waals surface area (Å²) in [5.41, 5.74) is 1.56. The highest BCUT2D eigenvalue weighted by molar-refractivity contribution is 5.95. The van der Waals surface area contributed by atoms with Gasteiger partial charge in [0.1, 0.15) is 0 Å². The minimum Gasteiger partial charge on any atom is -0.493 e. The van der Waals surface area contributed by atoms with E-state index in [-0.39, 0.29) is 5.91 Å². The van der Waals surface area contributed by atoms with E-state index < -0.39 is 0 Å². The van der Waals surface area contributed by atoms with Crippen LogP contribution in [0.25, 0.3) is 0 Å². The van der Waals surface area contributed by atoms with E-state index in [9.17, 15) is 4.79 Å². The molecule has 0 aliphatic rings. The predicted octanol–water partition coefficient (Wildman–Crippen LogP) is 3.09. The fraction of sp³-hybridized carbons (Fsp3) is 0.381. The number of rotatable bonds is 10. The highest BCUT2D eigenvalue weighted by atomic mass is 16.5. The Balaban J connectivity index is 1.96. The summed E-state index contributed by atoms with van der Waals surface area (Å²) in [6.07, 6.45) is 1.58. The van der Waals surface area contributed by atoms with Crippen LogP contribution in [0, 0.1) is 0 Å². The third kappa shape index (κ3) is 5.00. The minimum atomic E-state index is -0.202. The third-order valence-corrected chi connectivity index (χ3v) is 4.30. The van der Waals surface area contributed by atoms with E-state index in [0.717, 1.165) is 18.4 Å². The van der Waals surface area contributed by atoms with Crippen LogP contribution in [0.1, 0.15) is 22.3 Å². The quantitative estimate of drug-likeness (QED) is 0.630. The van der Waals surface area contributed by atoms with Crippen LogP contribution in [0.2, 0.25) is 0 Å². The van der Waals surface area contributed by atoms with Gasteiger partial charge in [0.25, 0.3) is 5.91 Å². The molecule has 2 aromatic carbocycles. The molecule has 1 N–H and O–H groups in total. The van der Waals surface area contributed by atoms with Gasteiger partial charge in [-0.05, 0) is 42.7 Å². The molecule has 0 heterocycles. The lowest BCUT2D eigenvalue weighted by Gasteiger charge is -2.14. The van der Waals surface area contributed by atoms with Crippen LogP contribution >= 0.6 is 0 Å². The molecule has 28 heavy (non-hydrogen) atoms. The van der Waals surface area contributed by atoms with Crippen molar-refractivity contribution >= 4 is 5.91 Å². The predicted molar refractivity (Wildman–Crippen MR) is 106 cm³/mol. The van der Waals surface area contributed by atoms with Gasteiger partial charge in [-0.15, -0.1) is 0 Å². The maximum atomic E-state index is 12.5. The van der Waals surface area contributed by atoms with E-state index in [4.69, 9.17) is 23.7 Å². The zero-order chi connectivity index (χ0) is 20.5. The fourth-order valence-electron chi connectivity index (χ4n) is 2.84. The minimum absolute atomic E-state index is 0.202. The first-order valence-electron chi connectivity index (χ1n) is 8.87. The lowest BCUT2D eigenvalue weighted by molar-refractivity contribution is 0.0952. The molecule has 0 unspecified atom stereocenters. The van der Waals surface area contributed by atoms with Gasteiger partial charge in [0.05, 0.1) is 35.5 Å². The summed E-state index contributed by atoms with van der Waals surface area (Å²) in [5, 5.41) is 2.91. The van der Waals surface area contributed by atoms with Gasteiger partial charge in [-0.3, -0.25) is 4.79 Å². The first-order valence-corrected chi connectivity index (χ1v) is 8.87. The molecule has 152 valence electrons. The average Bonchev–Trinajstić information content (AvgIpc) is 2.74. The van der Waals surface area contributed by atoms with Gasteiger partial charge < -0.3 is 29.0 Å². The van der Waals surface area contributed by atoms with E-state index in [1.807, 2.05) is 18.2 Å². The van der Waals surface area contributed by atoms with Crippen LogP contribution in [0.5, 0.6) is 28.7 Å². The smallest absolute Gasteiger partial charge is 0.251 e. The van der Waals surface area contributed by atoms with E-state index in [0.29, 0.717) is 40.9 Å². The Labute approximate surface area is 165 Å². The van der Waals surface area contributed by atoms with Gasteiger partial charge >= 0.3 is 0 Å². The zero-order valence-electron chi connectivity index (χ0n) is 17.0. The van der Waals surface area contributed by atoms with Crippen molar-refractivity contribution in [3.63, 3.8) is 0 Å². The number of ether oxygens (including phenoxy) is 5. The molecule has 0 atom stereocenters. The summed E-state index contributed by atoms with van der Waals surface area (Å²) in [7, 11) is 7.77. The van der Waals surface area contributed by atoms with Gasteiger partial charge in [-0.1, -0.05) is 6.07 Å². The molecule has 2 aromatic rings. The normalized spacial score (nSPS) is 10.2. The fourth-order valence-corrected chi connectivity index (χ4v) is 2.84. The largest absolute Gasteiger partial charge is 0.493 e. The lowest BCUT2D eigenvalue weighted by atomic mass is 10.1. The molecule has 0 radical (unpaired) electrons. The van der Waals surface area contributed by atoms with Crippen LogP contribution in [-0.2, 0) is 6.42 Å². The molecule has 7 nitrogen and oxygen atoms in total. The topological polar surface area (TPSA) is 75.3 Å². The lowest BCUT2D eigenvalue weighted by Crippen LogP contribution is -2.24. The zero-order valence-corrected chi connectivity index (χ0v) is 17.0. The molecule has 0 aliphatic carbocycles. The van der Waals surface area contributed by atoms with Crippen LogP contribution in [0.4, 0.5) is 0 Å². The first-order chi connectivity index (χ1) is 13.6. The maximum Gasteiger partial charge on any atom is 0.251 e. The monoisotopic (exact) mass is 389 g/mol. The number of carbonyl (C=O) groups is 1. The summed E-state index contributed by atoms with van der Waals surface area (Å²) in [5.74, 6) is 2.53. The number of hydrogen-bond donors (Lipinski definition) is 1. The second-order valence-electron chi connectivity index (χ2n) is 5.96. The van der Waals surface area contributed by atoms with Crippen molar-refractivity contribution in [2.45, 2.75) is 12.8 Å². The standard InChI is InChI=1S/C21H27NO6/c1-24-16-9-8-14(11-17(16)25-2)7-6-10-22-21(23)15-12-18(26-3)20(28-5)19(13-15)27-4/h8-9,11-13H,6-7,10H2,1-5H3,(H,22,23). The molecule has 7 heteroatoms. The Morgan fingerprint density at radius 2 is 1.39 bits per heavy atom. The molecule has 2 rings (SSSR count). The van der Waals surface area contributed by atoms with Crippen molar-refractivity contribution in [2.24, 2.45) is 0 Å². The van der Waals surface area contributed by atoms with Crippen LogP contribution in [0.15, 0.2) is 30.3 Å². The molecular formula is C21H27NO6. The first kappa shape index (κ1) is 21.2. The SMILES string of the molecule is COc1ccc(CCCNC(=O)c2cc(OC)c(OC)c(OC)c2)cc1OC. The van der Waals surface area contributed by atoms with Crippen molar-refractivity contribution in [3.05, 3.63) is 41.5 Å². The van der Waals surface area contributed by atoms with Crippen molar-refractivity contribution in [1.82, 2.24) is 5.32 Å². The molecule has 0 aromatic heterocycles. The van der Waals surface area contributed by atoms with E-state index >= 15 is 0 Å². The Bertz CT molecular complexity index is 780. The van der Waals surface area contributed by atoms with Gasteiger partial charge in [0.2, 0.25) is 5.75 Å². The Morgan fingerprint density at radius 1 is 0.786 bits per heavy atom. The maximum absolute atomic E-state index is 12.5. The molecule has 1 amide bonds. The van der Waals surface area contributed by atoms with Crippen LogP contribution in [-0.4, -0.2) is 48.0 Å². The molecule has 0 aliphatic heterocycles. The Kier molecular flexibility index (Phi) is 7.80. The Hall–Kier alpha value is -3.09. The molecule has 0 fully saturated rings. The van der Waals surface area contributed by atoms with E-state index in [1.54, 1.807) is 26.4 Å². The van der Waals surface area contributed by atoms with Crippen LogP contribution in [0.3, 0.4) is 0 Å². The summed E-state index contributed by atoms with van der Waals surface area (Å²) >= 11 is 0. The summed E-state index contributed by atoms with van der Waals surface area (Å²) < 4.78 is 26.4. The van der Waals surface area contributed by atoms with Gasteiger partial charge in [-0.25, -0.2) is 0 Å². The highest BCUT2D eigenvalue weighted by Crippen LogP contribution is 2.38. The average molecular weight is 389 g/mol. The second-order valence-corrected chi connectivity index (χ2v) is 5.96. The van der Waals surface area contributed by atoms with Crippen molar-refractivity contribution in [2.75, 3.05) is 42.1 Å². The molecule has 0 spiro atoms. The number of amides is 1. The van der Waals surface area contributed by atoms with Gasteiger partial charge in [-0.2, -0.15) is 0 Å². The van der Waals surface area contributed by atoms with Crippen molar-refractivity contribution < 1.29 is 28.5 Å². The summed E-state index contributed by atoms with van der Waals surface area (Å²) in [4.78, 5) is 12.5. The molecular weight excluding hydrogens is 362 g/mol. The number of carbonyl (C=O) groups excluding carboxylic acids is 1. The number of benzene rings is 2. The summed E-state index contributed by atoms with van der Waals surface area (Å²) in [6.45, 7) is 0.532. The van der Waals surface area contributed by atoms with E-state index in [2.05, 4.69) is 5.32 Å².